The van der Waals surface area contributed by atoms with Gasteiger partial charge in [-0.2, -0.15) is 5.10 Å². The zero-order valence-corrected chi connectivity index (χ0v) is 11.8. The van der Waals surface area contributed by atoms with Crippen LogP contribution in [0.1, 0.15) is 29.5 Å². The Balaban J connectivity index is 1.79. The van der Waals surface area contributed by atoms with E-state index < -0.39 is 0 Å². The molecular formula is C16H16N4O. The van der Waals surface area contributed by atoms with Crippen molar-refractivity contribution < 1.29 is 4.79 Å². The van der Waals surface area contributed by atoms with Crippen molar-refractivity contribution >= 4 is 22.6 Å². The molecule has 5 heteroatoms. The summed E-state index contributed by atoms with van der Waals surface area (Å²) in [4.78, 5) is 16.6. The summed E-state index contributed by atoms with van der Waals surface area (Å²) in [6.07, 6.45) is 1.94. The highest BCUT2D eigenvalue weighted by atomic mass is 16.1. The van der Waals surface area contributed by atoms with E-state index in [0.717, 1.165) is 29.4 Å². The lowest BCUT2D eigenvalue weighted by Crippen LogP contribution is -2.13. The number of benzene rings is 1. The number of aromatic amines is 1. The Morgan fingerprint density at radius 1 is 1.24 bits per heavy atom. The van der Waals surface area contributed by atoms with Gasteiger partial charge >= 0.3 is 0 Å². The van der Waals surface area contributed by atoms with Gasteiger partial charge < -0.3 is 5.32 Å². The Bertz CT molecular complexity index is 779. The van der Waals surface area contributed by atoms with E-state index in [9.17, 15) is 4.79 Å². The number of fused-ring (bicyclic) bond motifs is 1. The monoisotopic (exact) mass is 280 g/mol. The summed E-state index contributed by atoms with van der Waals surface area (Å²) < 4.78 is 0. The van der Waals surface area contributed by atoms with Crippen LogP contribution >= 0.6 is 0 Å². The molecular weight excluding hydrogens is 264 g/mol. The zero-order chi connectivity index (χ0) is 14.7. The maximum absolute atomic E-state index is 12.2. The number of rotatable bonds is 4. The van der Waals surface area contributed by atoms with Crippen LogP contribution in [0.5, 0.6) is 0 Å². The van der Waals surface area contributed by atoms with Crippen LogP contribution in [-0.2, 0) is 6.42 Å². The third kappa shape index (κ3) is 2.91. The van der Waals surface area contributed by atoms with Crippen LogP contribution in [0.3, 0.4) is 0 Å². The number of carbonyl (C=O) groups excluding carboxylic acids is 1. The normalized spacial score (nSPS) is 10.7. The number of aryl methyl sites for hydroxylation is 1. The number of hydrogen-bond acceptors (Lipinski definition) is 3. The number of nitrogens with zero attached hydrogens (tertiary/aromatic N) is 2. The number of hydrogen-bond donors (Lipinski definition) is 2. The van der Waals surface area contributed by atoms with Crippen molar-refractivity contribution in [2.75, 3.05) is 5.32 Å². The topological polar surface area (TPSA) is 70.7 Å². The number of amides is 1. The maximum atomic E-state index is 12.2. The fourth-order valence-corrected chi connectivity index (χ4v) is 2.20. The molecule has 0 saturated carbocycles. The first-order valence-electron chi connectivity index (χ1n) is 6.97. The maximum Gasteiger partial charge on any atom is 0.275 e. The van der Waals surface area contributed by atoms with Crippen molar-refractivity contribution in [3.8, 4) is 0 Å². The standard InChI is InChI=1S/C16H16N4O/c1-2-5-12-10-15(20-19-12)18-16(21)14-9-8-11-6-3-4-7-13(11)17-14/h3-4,6-10H,2,5H2,1H3,(H2,18,19,20,21). The van der Waals surface area contributed by atoms with Crippen LogP contribution < -0.4 is 5.32 Å². The van der Waals surface area contributed by atoms with Gasteiger partial charge in [-0.15, -0.1) is 0 Å². The lowest BCUT2D eigenvalue weighted by Gasteiger charge is -2.02. The van der Waals surface area contributed by atoms with Crippen LogP contribution in [0.15, 0.2) is 42.5 Å². The van der Waals surface area contributed by atoms with Gasteiger partial charge in [-0.25, -0.2) is 4.98 Å². The Kier molecular flexibility index (Phi) is 3.64. The van der Waals surface area contributed by atoms with E-state index >= 15 is 0 Å². The Morgan fingerprint density at radius 3 is 2.95 bits per heavy atom. The molecule has 0 fully saturated rings. The molecule has 2 heterocycles. The third-order valence-electron chi connectivity index (χ3n) is 3.22. The van der Waals surface area contributed by atoms with Crippen LogP contribution in [0.2, 0.25) is 0 Å². The predicted octanol–water partition coefficient (Wildman–Crippen LogP) is 3.16. The zero-order valence-electron chi connectivity index (χ0n) is 11.8. The van der Waals surface area contributed by atoms with Crippen molar-refractivity contribution in [2.24, 2.45) is 0 Å². The summed E-state index contributed by atoms with van der Waals surface area (Å²) >= 11 is 0. The molecule has 0 spiro atoms. The summed E-state index contributed by atoms with van der Waals surface area (Å²) in [5.41, 5.74) is 2.20. The average molecular weight is 280 g/mol. The fourth-order valence-electron chi connectivity index (χ4n) is 2.20. The quantitative estimate of drug-likeness (QED) is 0.771. The summed E-state index contributed by atoms with van der Waals surface area (Å²) in [6.45, 7) is 2.10. The molecule has 0 radical (unpaired) electrons. The van der Waals surface area contributed by atoms with Crippen LogP contribution in [0.25, 0.3) is 10.9 Å². The highest BCUT2D eigenvalue weighted by Crippen LogP contribution is 2.13. The minimum Gasteiger partial charge on any atom is -0.304 e. The first-order chi connectivity index (χ1) is 10.3. The molecule has 0 bridgehead atoms. The number of anilines is 1. The second-order valence-electron chi connectivity index (χ2n) is 4.87. The van der Waals surface area contributed by atoms with E-state index in [-0.39, 0.29) is 5.91 Å². The van der Waals surface area contributed by atoms with Crippen molar-refractivity contribution in [3.05, 3.63) is 53.9 Å². The second-order valence-corrected chi connectivity index (χ2v) is 4.87. The average Bonchev–Trinajstić information content (AvgIpc) is 2.94. The van der Waals surface area contributed by atoms with Crippen molar-refractivity contribution in [2.45, 2.75) is 19.8 Å². The van der Waals surface area contributed by atoms with Gasteiger partial charge in [0.25, 0.3) is 5.91 Å². The van der Waals surface area contributed by atoms with E-state index in [1.807, 2.05) is 36.4 Å². The largest absolute Gasteiger partial charge is 0.304 e. The van der Waals surface area contributed by atoms with Gasteiger partial charge in [0.2, 0.25) is 0 Å². The SMILES string of the molecule is CCCc1cc(NC(=O)c2ccc3ccccc3n2)n[nH]1. The lowest BCUT2D eigenvalue weighted by atomic mass is 10.2. The molecule has 3 rings (SSSR count). The minimum absolute atomic E-state index is 0.254. The Morgan fingerprint density at radius 2 is 2.10 bits per heavy atom. The molecule has 1 amide bonds. The highest BCUT2D eigenvalue weighted by Gasteiger charge is 2.10. The smallest absolute Gasteiger partial charge is 0.275 e. The number of aromatic nitrogens is 3. The highest BCUT2D eigenvalue weighted by molar-refractivity contribution is 6.03. The third-order valence-corrected chi connectivity index (χ3v) is 3.22. The predicted molar refractivity (Wildman–Crippen MR) is 82.3 cm³/mol. The summed E-state index contributed by atoms with van der Waals surface area (Å²) in [5, 5.41) is 10.8. The van der Waals surface area contributed by atoms with Gasteiger partial charge in [0.15, 0.2) is 5.82 Å². The molecule has 5 nitrogen and oxygen atoms in total. The first-order valence-corrected chi connectivity index (χ1v) is 6.97. The molecule has 3 aromatic rings. The van der Waals surface area contributed by atoms with E-state index in [1.54, 1.807) is 6.07 Å². The molecule has 0 unspecified atom stereocenters. The van der Waals surface area contributed by atoms with E-state index in [4.69, 9.17) is 0 Å². The number of H-pyrrole nitrogens is 1. The van der Waals surface area contributed by atoms with Gasteiger partial charge in [-0.05, 0) is 18.6 Å². The summed E-state index contributed by atoms with van der Waals surface area (Å²) in [6, 6.07) is 13.2. The van der Waals surface area contributed by atoms with E-state index in [2.05, 4.69) is 27.4 Å². The molecule has 2 N–H and O–H groups in total. The molecule has 1 aromatic carbocycles. The summed E-state index contributed by atoms with van der Waals surface area (Å²) in [5.74, 6) is 0.272. The van der Waals surface area contributed by atoms with E-state index in [1.165, 1.54) is 0 Å². The van der Waals surface area contributed by atoms with Crippen LogP contribution in [0.4, 0.5) is 5.82 Å². The van der Waals surface area contributed by atoms with Crippen LogP contribution in [-0.4, -0.2) is 21.1 Å². The van der Waals surface area contributed by atoms with Gasteiger partial charge in [0.05, 0.1) is 5.52 Å². The minimum atomic E-state index is -0.254. The van der Waals surface area contributed by atoms with Crippen molar-refractivity contribution in [1.82, 2.24) is 15.2 Å². The van der Waals surface area contributed by atoms with Crippen LogP contribution in [0, 0.1) is 0 Å². The Labute approximate surface area is 122 Å². The molecule has 0 atom stereocenters. The number of pyridine rings is 1. The molecule has 106 valence electrons. The molecule has 2 aromatic heterocycles. The molecule has 0 saturated heterocycles. The van der Waals surface area contributed by atoms with Crippen molar-refractivity contribution in [1.29, 1.82) is 0 Å². The van der Waals surface area contributed by atoms with Gasteiger partial charge in [-0.3, -0.25) is 9.89 Å². The number of nitrogens with one attached hydrogen (secondary N) is 2. The molecule has 0 aliphatic rings. The van der Waals surface area contributed by atoms with Gasteiger partial charge in [0.1, 0.15) is 5.69 Å². The fraction of sp³-hybridized carbons (Fsp3) is 0.188. The summed E-state index contributed by atoms with van der Waals surface area (Å²) in [7, 11) is 0. The lowest BCUT2D eigenvalue weighted by molar-refractivity contribution is 0.102. The number of carbonyl (C=O) groups is 1. The van der Waals surface area contributed by atoms with E-state index in [0.29, 0.717) is 11.5 Å². The first kappa shape index (κ1) is 13.3. The number of para-hydroxylation sites is 1. The Hall–Kier alpha value is -2.69. The van der Waals surface area contributed by atoms with Gasteiger partial charge in [0, 0.05) is 17.1 Å². The van der Waals surface area contributed by atoms with Crippen molar-refractivity contribution in [3.63, 3.8) is 0 Å². The molecule has 21 heavy (non-hydrogen) atoms. The molecule has 0 aliphatic carbocycles. The van der Waals surface area contributed by atoms with Gasteiger partial charge in [-0.1, -0.05) is 37.6 Å². The molecule has 0 aliphatic heterocycles. The second kappa shape index (κ2) is 5.75.